The number of carboxylic acid groups (broad SMARTS) is 1. The lowest BCUT2D eigenvalue weighted by Gasteiger charge is -2.14. The lowest BCUT2D eigenvalue weighted by Crippen LogP contribution is -2.27. The Morgan fingerprint density at radius 3 is 2.59 bits per heavy atom. The van der Waals surface area contributed by atoms with Gasteiger partial charge in [0.1, 0.15) is 0 Å². The van der Waals surface area contributed by atoms with E-state index >= 15 is 0 Å². The summed E-state index contributed by atoms with van der Waals surface area (Å²) in [6.07, 6.45) is 4.98. The van der Waals surface area contributed by atoms with Crippen molar-refractivity contribution in [3.8, 4) is 0 Å². The third-order valence-corrected chi connectivity index (χ3v) is 5.28. The number of thioether (sulfide) groups is 1. The van der Waals surface area contributed by atoms with Gasteiger partial charge in [-0.25, -0.2) is 4.79 Å². The molecule has 0 radical (unpaired) electrons. The molecule has 27 heavy (non-hydrogen) atoms. The summed E-state index contributed by atoms with van der Waals surface area (Å²) < 4.78 is 0.389. The quantitative estimate of drug-likeness (QED) is 0.536. The molecular weight excluding hydrogens is 382 g/mol. The van der Waals surface area contributed by atoms with Crippen LogP contribution in [0.25, 0.3) is 17.1 Å². The summed E-state index contributed by atoms with van der Waals surface area (Å²) in [4.78, 5) is 34.3. The van der Waals surface area contributed by atoms with Crippen LogP contribution in [0.1, 0.15) is 15.9 Å². The minimum absolute atomic E-state index is 0.147. The Hall–Kier alpha value is -3.10. The molecule has 1 aliphatic heterocycles. The van der Waals surface area contributed by atoms with E-state index in [4.69, 9.17) is 17.3 Å². The molecule has 132 valence electrons. The van der Waals surface area contributed by atoms with E-state index in [1.54, 1.807) is 30.6 Å². The van der Waals surface area contributed by atoms with Crippen LogP contribution in [0.2, 0.25) is 0 Å². The highest BCUT2D eigenvalue weighted by Gasteiger charge is 2.33. The van der Waals surface area contributed by atoms with Crippen molar-refractivity contribution in [3.63, 3.8) is 0 Å². The van der Waals surface area contributed by atoms with Crippen LogP contribution in [0.5, 0.6) is 0 Å². The Kier molecular flexibility index (Phi) is 4.43. The largest absolute Gasteiger partial charge is 0.478 e. The van der Waals surface area contributed by atoms with Gasteiger partial charge in [0.25, 0.3) is 5.91 Å². The predicted octanol–water partition coefficient (Wildman–Crippen LogP) is 3.73. The number of carbonyl (C=O) groups is 2. The van der Waals surface area contributed by atoms with Gasteiger partial charge in [-0.05, 0) is 36.4 Å². The fourth-order valence-electron chi connectivity index (χ4n) is 2.72. The number of thiocarbonyl (C=S) groups is 1. The van der Waals surface area contributed by atoms with Gasteiger partial charge in [-0.3, -0.25) is 19.7 Å². The number of aromatic nitrogens is 2. The molecule has 2 heterocycles. The maximum atomic E-state index is 12.9. The van der Waals surface area contributed by atoms with E-state index in [1.165, 1.54) is 28.8 Å². The normalized spacial score (nSPS) is 15.7. The fraction of sp³-hybridized carbons (Fsp3) is 0. The lowest BCUT2D eigenvalue weighted by atomic mass is 10.1. The van der Waals surface area contributed by atoms with Crippen LogP contribution < -0.4 is 4.90 Å². The molecule has 1 amide bonds. The van der Waals surface area contributed by atoms with Crippen LogP contribution in [0.3, 0.4) is 0 Å². The van der Waals surface area contributed by atoms with Crippen molar-refractivity contribution in [1.29, 1.82) is 0 Å². The number of amides is 1. The Labute approximate surface area is 163 Å². The summed E-state index contributed by atoms with van der Waals surface area (Å²) >= 11 is 6.55. The standard InChI is InChI=1S/C19H11N3O3S2/c23-17-15(10-12-2-1-3-14-16(12)21-9-8-20-14)27-19(26)22(17)13-6-4-11(5-7-13)18(24)25/h1-10H,(H,24,25). The van der Waals surface area contributed by atoms with E-state index in [2.05, 4.69) is 9.97 Å². The second kappa shape index (κ2) is 6.90. The Morgan fingerprint density at radius 2 is 1.85 bits per heavy atom. The first kappa shape index (κ1) is 17.3. The van der Waals surface area contributed by atoms with Crippen molar-refractivity contribution in [1.82, 2.24) is 9.97 Å². The average molecular weight is 393 g/mol. The van der Waals surface area contributed by atoms with Crippen LogP contribution >= 0.6 is 24.0 Å². The molecular formula is C19H11N3O3S2. The average Bonchev–Trinajstić information content (AvgIpc) is 2.95. The predicted molar refractivity (Wildman–Crippen MR) is 109 cm³/mol. The number of carbonyl (C=O) groups excluding carboxylic acids is 1. The highest BCUT2D eigenvalue weighted by molar-refractivity contribution is 8.27. The first-order valence-electron chi connectivity index (χ1n) is 7.85. The number of rotatable bonds is 3. The highest BCUT2D eigenvalue weighted by Crippen LogP contribution is 2.36. The van der Waals surface area contributed by atoms with Crippen LogP contribution in [0.4, 0.5) is 5.69 Å². The zero-order valence-corrected chi connectivity index (χ0v) is 15.3. The molecule has 0 bridgehead atoms. The summed E-state index contributed by atoms with van der Waals surface area (Å²) in [6.45, 7) is 0. The molecule has 6 nitrogen and oxygen atoms in total. The summed E-state index contributed by atoms with van der Waals surface area (Å²) in [5.74, 6) is -1.28. The van der Waals surface area contributed by atoms with E-state index in [-0.39, 0.29) is 11.5 Å². The Bertz CT molecular complexity index is 1120. The van der Waals surface area contributed by atoms with E-state index in [1.807, 2.05) is 18.2 Å². The lowest BCUT2D eigenvalue weighted by molar-refractivity contribution is -0.113. The molecule has 1 aromatic heterocycles. The molecule has 1 saturated heterocycles. The van der Waals surface area contributed by atoms with Crippen molar-refractivity contribution >= 4 is 63.0 Å². The van der Waals surface area contributed by atoms with Crippen molar-refractivity contribution in [2.45, 2.75) is 0 Å². The topological polar surface area (TPSA) is 83.4 Å². The number of benzene rings is 2. The van der Waals surface area contributed by atoms with Gasteiger partial charge in [0.2, 0.25) is 0 Å². The fourth-order valence-corrected chi connectivity index (χ4v) is 4.01. The number of carboxylic acids is 1. The van der Waals surface area contributed by atoms with E-state index in [0.29, 0.717) is 20.4 Å². The summed E-state index contributed by atoms with van der Waals surface area (Å²) in [7, 11) is 0. The van der Waals surface area contributed by atoms with E-state index in [0.717, 1.165) is 11.1 Å². The molecule has 3 aromatic rings. The molecule has 1 fully saturated rings. The van der Waals surface area contributed by atoms with Crippen molar-refractivity contribution in [3.05, 3.63) is 70.9 Å². The monoisotopic (exact) mass is 393 g/mol. The number of hydrogen-bond donors (Lipinski definition) is 1. The third kappa shape index (κ3) is 3.20. The van der Waals surface area contributed by atoms with Gasteiger partial charge in [0, 0.05) is 18.0 Å². The Morgan fingerprint density at radius 1 is 1.11 bits per heavy atom. The van der Waals surface area contributed by atoms with Gasteiger partial charge in [-0.1, -0.05) is 36.1 Å². The van der Waals surface area contributed by atoms with Crippen molar-refractivity contribution < 1.29 is 14.7 Å². The second-order valence-electron chi connectivity index (χ2n) is 5.64. The van der Waals surface area contributed by atoms with Crippen molar-refractivity contribution in [2.24, 2.45) is 0 Å². The van der Waals surface area contributed by atoms with Gasteiger partial charge < -0.3 is 5.11 Å². The van der Waals surface area contributed by atoms with Gasteiger partial charge in [0.05, 0.1) is 27.2 Å². The van der Waals surface area contributed by atoms with Crippen LogP contribution in [-0.2, 0) is 4.79 Å². The van der Waals surface area contributed by atoms with Crippen molar-refractivity contribution in [2.75, 3.05) is 4.90 Å². The summed E-state index contributed by atoms with van der Waals surface area (Å²) in [5, 5.41) is 9.01. The molecule has 0 unspecified atom stereocenters. The third-order valence-electron chi connectivity index (χ3n) is 3.98. The smallest absolute Gasteiger partial charge is 0.335 e. The molecule has 8 heteroatoms. The zero-order valence-electron chi connectivity index (χ0n) is 13.7. The van der Waals surface area contributed by atoms with Gasteiger partial charge in [-0.15, -0.1) is 0 Å². The molecule has 0 aliphatic carbocycles. The first-order chi connectivity index (χ1) is 13.0. The van der Waals surface area contributed by atoms with Gasteiger partial charge in [0.15, 0.2) is 4.32 Å². The number of fused-ring (bicyclic) bond motifs is 1. The van der Waals surface area contributed by atoms with Gasteiger partial charge >= 0.3 is 5.97 Å². The Balaban J connectivity index is 1.70. The number of aromatic carboxylic acids is 1. The maximum absolute atomic E-state index is 12.9. The SMILES string of the molecule is O=C(O)c1ccc(N2C(=O)C(=Cc3cccc4nccnc34)SC2=S)cc1. The van der Waals surface area contributed by atoms with Crippen LogP contribution in [0.15, 0.2) is 59.8 Å². The van der Waals surface area contributed by atoms with Crippen LogP contribution in [-0.4, -0.2) is 31.3 Å². The van der Waals surface area contributed by atoms with E-state index in [9.17, 15) is 9.59 Å². The molecule has 0 spiro atoms. The number of hydrogen-bond acceptors (Lipinski definition) is 6. The molecule has 1 aliphatic rings. The number of anilines is 1. The molecule has 0 saturated carbocycles. The summed E-state index contributed by atoms with van der Waals surface area (Å²) in [5.41, 5.74) is 2.90. The second-order valence-corrected chi connectivity index (χ2v) is 7.32. The maximum Gasteiger partial charge on any atom is 0.335 e. The van der Waals surface area contributed by atoms with Crippen LogP contribution in [0, 0.1) is 0 Å². The molecule has 4 rings (SSSR count). The van der Waals surface area contributed by atoms with E-state index < -0.39 is 5.97 Å². The number of nitrogens with zero attached hydrogens (tertiary/aromatic N) is 3. The van der Waals surface area contributed by atoms with Gasteiger partial charge in [-0.2, -0.15) is 0 Å². The highest BCUT2D eigenvalue weighted by atomic mass is 32.2. The molecule has 1 N–H and O–H groups in total. The minimum atomic E-state index is -1.02. The molecule has 0 atom stereocenters. The summed E-state index contributed by atoms with van der Waals surface area (Å²) in [6, 6.07) is 11.6. The zero-order chi connectivity index (χ0) is 19.0. The molecule has 2 aromatic carbocycles. The number of para-hydroxylation sites is 1. The minimum Gasteiger partial charge on any atom is -0.478 e. The first-order valence-corrected chi connectivity index (χ1v) is 9.08.